The fraction of sp³-hybridized carbons (Fsp3) is 0.238. The summed E-state index contributed by atoms with van der Waals surface area (Å²) in [4.78, 5) is 11.9. The van der Waals surface area contributed by atoms with E-state index in [1.807, 2.05) is 59.9 Å². The number of hydrazone groups is 1. The van der Waals surface area contributed by atoms with Crippen LogP contribution in [0.15, 0.2) is 66.3 Å². The van der Waals surface area contributed by atoms with Crippen LogP contribution in [0.1, 0.15) is 15.7 Å². The minimum absolute atomic E-state index is 0.0854. The standard InChI is InChI=1S/C21H22N2O3S2/c1-2-11-25-18-7-3-16(4-8-18)14-22-23-20(24)15-26-19-9-5-17(6-10-19)21-27-12-13-28-21/h2-10,14,21H,1,11-13,15H2,(H,23,24)/b22-14-. The van der Waals surface area contributed by atoms with Crippen molar-refractivity contribution in [3.8, 4) is 11.5 Å². The topological polar surface area (TPSA) is 59.9 Å². The van der Waals surface area contributed by atoms with Gasteiger partial charge in [0, 0.05) is 11.5 Å². The molecular formula is C21H22N2O3S2. The number of nitrogens with zero attached hydrogens (tertiary/aromatic N) is 1. The van der Waals surface area contributed by atoms with Crippen LogP contribution in [0.2, 0.25) is 0 Å². The van der Waals surface area contributed by atoms with Crippen LogP contribution in [0.3, 0.4) is 0 Å². The largest absolute Gasteiger partial charge is 0.490 e. The normalized spacial score (nSPS) is 14.1. The van der Waals surface area contributed by atoms with Gasteiger partial charge in [0.05, 0.1) is 10.8 Å². The number of carbonyl (C=O) groups excluding carboxylic acids is 1. The number of nitrogens with one attached hydrogen (secondary N) is 1. The van der Waals surface area contributed by atoms with E-state index in [4.69, 9.17) is 9.47 Å². The van der Waals surface area contributed by atoms with Crippen LogP contribution in [0.25, 0.3) is 0 Å². The van der Waals surface area contributed by atoms with Gasteiger partial charge in [-0.15, -0.1) is 23.5 Å². The molecule has 0 atom stereocenters. The minimum atomic E-state index is -0.312. The second kappa shape index (κ2) is 10.8. The Kier molecular flexibility index (Phi) is 7.87. The predicted molar refractivity (Wildman–Crippen MR) is 117 cm³/mol. The molecule has 0 unspecified atom stereocenters. The van der Waals surface area contributed by atoms with Gasteiger partial charge >= 0.3 is 0 Å². The summed E-state index contributed by atoms with van der Waals surface area (Å²) >= 11 is 3.92. The van der Waals surface area contributed by atoms with E-state index in [1.54, 1.807) is 12.3 Å². The van der Waals surface area contributed by atoms with Crippen molar-refractivity contribution in [2.45, 2.75) is 4.58 Å². The first-order valence-corrected chi connectivity index (χ1v) is 11.0. The SMILES string of the molecule is C=CCOc1ccc(/C=N\NC(=O)COc2ccc(C3SCCS3)cc2)cc1. The molecule has 2 aromatic rings. The molecular weight excluding hydrogens is 392 g/mol. The van der Waals surface area contributed by atoms with Crippen molar-refractivity contribution in [1.82, 2.24) is 5.43 Å². The first-order valence-electron chi connectivity index (χ1n) is 8.86. The van der Waals surface area contributed by atoms with Gasteiger partial charge in [-0.25, -0.2) is 5.43 Å². The van der Waals surface area contributed by atoms with Crippen LogP contribution >= 0.6 is 23.5 Å². The van der Waals surface area contributed by atoms with E-state index in [1.165, 1.54) is 17.1 Å². The van der Waals surface area contributed by atoms with Gasteiger partial charge < -0.3 is 9.47 Å². The molecule has 1 fully saturated rings. The first-order chi connectivity index (χ1) is 13.7. The first kappa shape index (κ1) is 20.4. The monoisotopic (exact) mass is 414 g/mol. The third-order valence-electron chi connectivity index (χ3n) is 3.79. The van der Waals surface area contributed by atoms with Crippen molar-refractivity contribution in [2.24, 2.45) is 5.10 Å². The van der Waals surface area contributed by atoms with Gasteiger partial charge in [0.2, 0.25) is 0 Å². The lowest BCUT2D eigenvalue weighted by atomic mass is 10.2. The molecule has 1 aliphatic heterocycles. The average Bonchev–Trinajstić information content (AvgIpc) is 3.27. The van der Waals surface area contributed by atoms with Gasteiger partial charge in [-0.2, -0.15) is 5.10 Å². The quantitative estimate of drug-likeness (QED) is 0.377. The second-order valence-electron chi connectivity index (χ2n) is 5.89. The maximum absolute atomic E-state index is 11.9. The zero-order chi connectivity index (χ0) is 19.6. The molecule has 1 amide bonds. The molecule has 0 aliphatic carbocycles. The number of carbonyl (C=O) groups is 1. The van der Waals surface area contributed by atoms with Gasteiger partial charge in [-0.05, 0) is 47.5 Å². The third-order valence-corrected chi connectivity index (χ3v) is 6.90. The zero-order valence-corrected chi connectivity index (χ0v) is 17.0. The summed E-state index contributed by atoms with van der Waals surface area (Å²) in [7, 11) is 0. The van der Waals surface area contributed by atoms with E-state index >= 15 is 0 Å². The van der Waals surface area contributed by atoms with Gasteiger partial charge in [0.1, 0.15) is 18.1 Å². The summed E-state index contributed by atoms with van der Waals surface area (Å²) in [5.74, 6) is 3.51. The Morgan fingerprint density at radius 1 is 1.07 bits per heavy atom. The molecule has 146 valence electrons. The van der Waals surface area contributed by atoms with Gasteiger partial charge in [0.15, 0.2) is 6.61 Å². The van der Waals surface area contributed by atoms with E-state index in [9.17, 15) is 4.79 Å². The number of rotatable bonds is 9. The summed E-state index contributed by atoms with van der Waals surface area (Å²) in [6, 6.07) is 15.3. The fourth-order valence-corrected chi connectivity index (χ4v) is 5.30. The van der Waals surface area contributed by atoms with Crippen LogP contribution in [0.5, 0.6) is 11.5 Å². The molecule has 1 saturated heterocycles. The van der Waals surface area contributed by atoms with Gasteiger partial charge in [-0.1, -0.05) is 24.8 Å². The van der Waals surface area contributed by atoms with Gasteiger partial charge in [0.25, 0.3) is 5.91 Å². The van der Waals surface area contributed by atoms with Crippen molar-refractivity contribution < 1.29 is 14.3 Å². The molecule has 1 N–H and O–H groups in total. The summed E-state index contributed by atoms with van der Waals surface area (Å²) in [5.41, 5.74) is 4.60. The highest BCUT2D eigenvalue weighted by atomic mass is 32.2. The van der Waals surface area contributed by atoms with Crippen LogP contribution in [-0.4, -0.2) is 36.8 Å². The number of ether oxygens (including phenoxy) is 2. The summed E-state index contributed by atoms with van der Waals surface area (Å²) < 4.78 is 11.4. The zero-order valence-electron chi connectivity index (χ0n) is 15.4. The van der Waals surface area contributed by atoms with E-state index in [-0.39, 0.29) is 12.5 Å². The van der Waals surface area contributed by atoms with Crippen molar-refractivity contribution in [3.05, 3.63) is 72.3 Å². The summed E-state index contributed by atoms with van der Waals surface area (Å²) in [6.07, 6.45) is 3.26. The molecule has 0 radical (unpaired) electrons. The van der Waals surface area contributed by atoms with Crippen LogP contribution < -0.4 is 14.9 Å². The average molecular weight is 415 g/mol. The van der Waals surface area contributed by atoms with E-state index in [2.05, 4.69) is 29.2 Å². The Balaban J connectivity index is 1.40. The smallest absolute Gasteiger partial charge is 0.277 e. The van der Waals surface area contributed by atoms with Crippen molar-refractivity contribution in [2.75, 3.05) is 24.7 Å². The second-order valence-corrected chi connectivity index (χ2v) is 8.62. The summed E-state index contributed by atoms with van der Waals surface area (Å²) in [5, 5.41) is 3.95. The predicted octanol–water partition coefficient (Wildman–Crippen LogP) is 4.26. The molecule has 0 spiro atoms. The van der Waals surface area contributed by atoms with E-state index < -0.39 is 0 Å². The fourth-order valence-electron chi connectivity index (χ4n) is 2.44. The Hall–Kier alpha value is -2.38. The Bertz CT molecular complexity index is 801. The molecule has 5 nitrogen and oxygen atoms in total. The maximum atomic E-state index is 11.9. The molecule has 1 heterocycles. The third kappa shape index (κ3) is 6.35. The molecule has 7 heteroatoms. The Labute approximate surface area is 173 Å². The number of thioether (sulfide) groups is 2. The molecule has 1 aliphatic rings. The van der Waals surface area contributed by atoms with Gasteiger partial charge in [-0.3, -0.25) is 4.79 Å². The highest BCUT2D eigenvalue weighted by Crippen LogP contribution is 2.45. The highest BCUT2D eigenvalue weighted by Gasteiger charge is 2.17. The lowest BCUT2D eigenvalue weighted by molar-refractivity contribution is -0.123. The lowest BCUT2D eigenvalue weighted by Crippen LogP contribution is -2.24. The Morgan fingerprint density at radius 3 is 2.39 bits per heavy atom. The lowest BCUT2D eigenvalue weighted by Gasteiger charge is -2.10. The molecule has 3 rings (SSSR count). The highest BCUT2D eigenvalue weighted by molar-refractivity contribution is 8.19. The molecule has 0 bridgehead atoms. The molecule has 0 aromatic heterocycles. The minimum Gasteiger partial charge on any atom is -0.490 e. The van der Waals surface area contributed by atoms with Crippen LogP contribution in [-0.2, 0) is 4.79 Å². The Morgan fingerprint density at radius 2 is 1.71 bits per heavy atom. The molecule has 0 saturated carbocycles. The number of amides is 1. The number of benzene rings is 2. The van der Waals surface area contributed by atoms with Crippen LogP contribution in [0.4, 0.5) is 0 Å². The van der Waals surface area contributed by atoms with Crippen LogP contribution in [0, 0.1) is 0 Å². The maximum Gasteiger partial charge on any atom is 0.277 e. The van der Waals surface area contributed by atoms with E-state index in [0.29, 0.717) is 16.9 Å². The van der Waals surface area contributed by atoms with Crippen molar-refractivity contribution >= 4 is 35.6 Å². The van der Waals surface area contributed by atoms with E-state index in [0.717, 1.165) is 11.3 Å². The van der Waals surface area contributed by atoms with Crippen molar-refractivity contribution in [3.63, 3.8) is 0 Å². The summed E-state index contributed by atoms with van der Waals surface area (Å²) in [6.45, 7) is 3.98. The molecule has 2 aromatic carbocycles. The van der Waals surface area contributed by atoms with Crippen molar-refractivity contribution in [1.29, 1.82) is 0 Å². The number of hydrogen-bond acceptors (Lipinski definition) is 6. The number of hydrogen-bond donors (Lipinski definition) is 1. The molecule has 28 heavy (non-hydrogen) atoms.